The minimum atomic E-state index is -0.498. The molecule has 15 heavy (non-hydrogen) atoms. The van der Waals surface area contributed by atoms with Crippen molar-refractivity contribution in [3.05, 3.63) is 0 Å². The van der Waals surface area contributed by atoms with Crippen LogP contribution in [0.3, 0.4) is 0 Å². The van der Waals surface area contributed by atoms with Crippen molar-refractivity contribution >= 4 is 5.91 Å². The fourth-order valence-electron chi connectivity index (χ4n) is 1.71. The van der Waals surface area contributed by atoms with Crippen molar-refractivity contribution in [2.24, 2.45) is 11.1 Å². The summed E-state index contributed by atoms with van der Waals surface area (Å²) in [7, 11) is 0. The van der Waals surface area contributed by atoms with E-state index in [0.29, 0.717) is 32.6 Å². The van der Waals surface area contributed by atoms with Gasteiger partial charge in [0.2, 0.25) is 5.91 Å². The average Bonchev–Trinajstić information content (AvgIpc) is 2.29. The normalized spacial score (nSPS) is 22.1. The number of amides is 1. The maximum Gasteiger partial charge on any atom is 0.227 e. The van der Waals surface area contributed by atoms with E-state index in [0.717, 1.165) is 0 Å². The summed E-state index contributed by atoms with van der Waals surface area (Å²) in [6.07, 6.45) is 1.32. The number of aliphatic hydroxyl groups excluding tert-OH is 1. The molecule has 1 rings (SSSR count). The zero-order chi connectivity index (χ0) is 11.3. The van der Waals surface area contributed by atoms with Gasteiger partial charge in [0.05, 0.1) is 12.0 Å². The van der Waals surface area contributed by atoms with Crippen LogP contribution >= 0.6 is 0 Å². The summed E-state index contributed by atoms with van der Waals surface area (Å²) in [5.74, 6) is -0.0603. The molecule has 0 radical (unpaired) electrons. The predicted octanol–water partition coefficient (Wildman–Crippen LogP) is -0.761. The first-order valence-corrected chi connectivity index (χ1v) is 5.34. The van der Waals surface area contributed by atoms with E-state index in [-0.39, 0.29) is 18.6 Å². The summed E-state index contributed by atoms with van der Waals surface area (Å²) in [4.78, 5) is 12.0. The summed E-state index contributed by atoms with van der Waals surface area (Å²) >= 11 is 0. The van der Waals surface area contributed by atoms with Crippen LogP contribution in [-0.2, 0) is 9.53 Å². The van der Waals surface area contributed by atoms with Crippen LogP contribution in [0.25, 0.3) is 0 Å². The van der Waals surface area contributed by atoms with Gasteiger partial charge in [0.15, 0.2) is 0 Å². The van der Waals surface area contributed by atoms with Crippen molar-refractivity contribution in [1.29, 1.82) is 0 Å². The lowest BCUT2D eigenvalue weighted by atomic mass is 9.79. The summed E-state index contributed by atoms with van der Waals surface area (Å²) in [6, 6.07) is -0.219. The van der Waals surface area contributed by atoms with Gasteiger partial charge in [-0.05, 0) is 19.8 Å². The highest BCUT2D eigenvalue weighted by atomic mass is 16.5. The number of carbonyl (C=O) groups excluding carboxylic acids is 1. The second-order valence-electron chi connectivity index (χ2n) is 4.15. The van der Waals surface area contributed by atoms with Gasteiger partial charge in [-0.1, -0.05) is 0 Å². The molecule has 1 saturated heterocycles. The lowest BCUT2D eigenvalue weighted by molar-refractivity contribution is -0.136. The molecule has 1 unspecified atom stereocenters. The maximum atomic E-state index is 12.0. The minimum Gasteiger partial charge on any atom is -0.394 e. The molecule has 0 aromatic heterocycles. The van der Waals surface area contributed by atoms with Crippen LogP contribution in [0, 0.1) is 5.41 Å². The summed E-state index contributed by atoms with van der Waals surface area (Å²) in [6.45, 7) is 3.21. The van der Waals surface area contributed by atoms with Gasteiger partial charge in [-0.25, -0.2) is 0 Å². The molecule has 0 spiro atoms. The third kappa shape index (κ3) is 2.90. The van der Waals surface area contributed by atoms with E-state index in [1.165, 1.54) is 0 Å². The molecule has 1 aliphatic heterocycles. The number of rotatable bonds is 4. The third-order valence-electron chi connectivity index (χ3n) is 2.97. The lowest BCUT2D eigenvalue weighted by Crippen LogP contribution is -2.51. The molecule has 1 amide bonds. The Labute approximate surface area is 90.0 Å². The highest BCUT2D eigenvalue weighted by Crippen LogP contribution is 2.29. The Bertz CT molecular complexity index is 215. The van der Waals surface area contributed by atoms with Gasteiger partial charge in [-0.15, -0.1) is 0 Å². The molecule has 0 aromatic rings. The topological polar surface area (TPSA) is 84.6 Å². The van der Waals surface area contributed by atoms with Crippen LogP contribution in [0.15, 0.2) is 0 Å². The van der Waals surface area contributed by atoms with Crippen molar-refractivity contribution in [2.75, 3.05) is 26.4 Å². The molecule has 1 aliphatic rings. The first kappa shape index (κ1) is 12.4. The quantitative estimate of drug-likeness (QED) is 0.576. The minimum absolute atomic E-state index is 0.0527. The van der Waals surface area contributed by atoms with Gasteiger partial charge in [0, 0.05) is 25.8 Å². The Balaban J connectivity index is 2.59. The highest BCUT2D eigenvalue weighted by Gasteiger charge is 2.38. The van der Waals surface area contributed by atoms with Crippen LogP contribution < -0.4 is 11.1 Å². The Hall–Kier alpha value is -0.650. The van der Waals surface area contributed by atoms with E-state index >= 15 is 0 Å². The fourth-order valence-corrected chi connectivity index (χ4v) is 1.71. The molecule has 5 heteroatoms. The number of nitrogens with one attached hydrogen (secondary N) is 1. The summed E-state index contributed by atoms with van der Waals surface area (Å²) in [5.41, 5.74) is 5.18. The van der Waals surface area contributed by atoms with Crippen LogP contribution in [-0.4, -0.2) is 43.4 Å². The SMILES string of the molecule is CC(CO)NC(=O)C1(CN)CCOCC1. The van der Waals surface area contributed by atoms with Gasteiger partial charge >= 0.3 is 0 Å². The van der Waals surface area contributed by atoms with Crippen molar-refractivity contribution in [2.45, 2.75) is 25.8 Å². The number of carbonyl (C=O) groups is 1. The summed E-state index contributed by atoms with van der Waals surface area (Å²) < 4.78 is 5.22. The largest absolute Gasteiger partial charge is 0.394 e. The van der Waals surface area contributed by atoms with Crippen molar-refractivity contribution < 1.29 is 14.6 Å². The molecule has 0 aromatic carbocycles. The van der Waals surface area contributed by atoms with Gasteiger partial charge in [-0.2, -0.15) is 0 Å². The number of aliphatic hydroxyl groups is 1. The molecule has 0 bridgehead atoms. The average molecular weight is 216 g/mol. The first-order chi connectivity index (χ1) is 7.14. The van der Waals surface area contributed by atoms with Crippen LogP contribution in [0.1, 0.15) is 19.8 Å². The Morgan fingerprint density at radius 1 is 1.60 bits per heavy atom. The maximum absolute atomic E-state index is 12.0. The second-order valence-corrected chi connectivity index (χ2v) is 4.15. The lowest BCUT2D eigenvalue weighted by Gasteiger charge is -2.35. The van der Waals surface area contributed by atoms with Crippen molar-refractivity contribution in [3.63, 3.8) is 0 Å². The molecule has 4 N–H and O–H groups in total. The molecule has 5 nitrogen and oxygen atoms in total. The van der Waals surface area contributed by atoms with Crippen LogP contribution in [0.4, 0.5) is 0 Å². The van der Waals surface area contributed by atoms with Gasteiger partial charge in [0.25, 0.3) is 0 Å². The standard InChI is InChI=1S/C10H20N2O3/c1-8(6-13)12-9(14)10(7-11)2-4-15-5-3-10/h8,13H,2-7,11H2,1H3,(H,12,14). The van der Waals surface area contributed by atoms with E-state index < -0.39 is 5.41 Å². The van der Waals surface area contributed by atoms with E-state index in [1.807, 2.05) is 0 Å². The molecular weight excluding hydrogens is 196 g/mol. The molecule has 1 fully saturated rings. The molecule has 1 heterocycles. The van der Waals surface area contributed by atoms with E-state index in [9.17, 15) is 4.79 Å². The summed E-state index contributed by atoms with van der Waals surface area (Å²) in [5, 5.41) is 11.6. The smallest absolute Gasteiger partial charge is 0.227 e. The molecule has 88 valence electrons. The van der Waals surface area contributed by atoms with Crippen molar-refractivity contribution in [1.82, 2.24) is 5.32 Å². The Morgan fingerprint density at radius 3 is 2.67 bits per heavy atom. The molecule has 1 atom stereocenters. The highest BCUT2D eigenvalue weighted by molar-refractivity contribution is 5.83. The van der Waals surface area contributed by atoms with Gasteiger partial charge in [0.1, 0.15) is 0 Å². The van der Waals surface area contributed by atoms with Crippen molar-refractivity contribution in [3.8, 4) is 0 Å². The number of hydrogen-bond donors (Lipinski definition) is 3. The Kier molecular flexibility index (Phi) is 4.50. The molecule has 0 saturated carbocycles. The molecule has 0 aliphatic carbocycles. The fraction of sp³-hybridized carbons (Fsp3) is 0.900. The predicted molar refractivity (Wildman–Crippen MR) is 56.2 cm³/mol. The molecular formula is C10H20N2O3. The zero-order valence-electron chi connectivity index (χ0n) is 9.16. The van der Waals surface area contributed by atoms with E-state index in [1.54, 1.807) is 6.92 Å². The third-order valence-corrected chi connectivity index (χ3v) is 2.97. The monoisotopic (exact) mass is 216 g/mol. The number of nitrogens with two attached hydrogens (primary N) is 1. The zero-order valence-corrected chi connectivity index (χ0v) is 9.16. The second kappa shape index (κ2) is 5.44. The van der Waals surface area contributed by atoms with Crippen LogP contribution in [0.2, 0.25) is 0 Å². The first-order valence-electron chi connectivity index (χ1n) is 5.34. The van der Waals surface area contributed by atoms with Gasteiger partial charge in [-0.3, -0.25) is 4.79 Å². The Morgan fingerprint density at radius 2 is 2.20 bits per heavy atom. The van der Waals surface area contributed by atoms with E-state index in [2.05, 4.69) is 5.32 Å². The number of ether oxygens (including phenoxy) is 1. The van der Waals surface area contributed by atoms with Crippen LogP contribution in [0.5, 0.6) is 0 Å². The number of hydrogen-bond acceptors (Lipinski definition) is 4. The van der Waals surface area contributed by atoms with Gasteiger partial charge < -0.3 is 20.9 Å². The van der Waals surface area contributed by atoms with E-state index in [4.69, 9.17) is 15.6 Å².